The number of rotatable bonds is 2. The van der Waals surface area contributed by atoms with Gasteiger partial charge >= 0.3 is 30.8 Å². The SMILES string of the molecule is O=C(O)c1nccc(O)c1C(=O)O.[LiH]. The molecule has 0 amide bonds. The Labute approximate surface area is 90.4 Å². The molecule has 0 radical (unpaired) electrons. The Balaban J connectivity index is 0.00000169. The van der Waals surface area contributed by atoms with Crippen molar-refractivity contribution in [1.82, 2.24) is 4.98 Å². The Morgan fingerprint density at radius 2 is 1.79 bits per heavy atom. The molecule has 14 heavy (non-hydrogen) atoms. The Hall–Kier alpha value is -1.51. The number of hydrogen-bond donors (Lipinski definition) is 3. The third-order valence-corrected chi connectivity index (χ3v) is 1.35. The van der Waals surface area contributed by atoms with Crippen LogP contribution in [0.15, 0.2) is 12.3 Å². The maximum atomic E-state index is 10.5. The Morgan fingerprint density at radius 1 is 1.21 bits per heavy atom. The average molecular weight is 191 g/mol. The van der Waals surface area contributed by atoms with Crippen LogP contribution in [0.1, 0.15) is 20.8 Å². The first-order valence-corrected chi connectivity index (χ1v) is 3.18. The maximum absolute atomic E-state index is 10.5. The molecule has 0 aliphatic rings. The normalized spacial score (nSPS) is 8.86. The van der Waals surface area contributed by atoms with E-state index in [2.05, 4.69) is 4.98 Å². The number of carbonyl (C=O) groups is 2. The second kappa shape index (κ2) is 4.65. The van der Waals surface area contributed by atoms with Crippen LogP contribution in [-0.2, 0) is 0 Å². The van der Waals surface area contributed by atoms with Crippen molar-refractivity contribution in [1.29, 1.82) is 0 Å². The van der Waals surface area contributed by atoms with Crippen LogP contribution in [0.25, 0.3) is 0 Å². The van der Waals surface area contributed by atoms with Crippen LogP contribution < -0.4 is 0 Å². The van der Waals surface area contributed by atoms with Gasteiger partial charge in [0.1, 0.15) is 11.3 Å². The summed E-state index contributed by atoms with van der Waals surface area (Å²) in [4.78, 5) is 24.2. The quantitative estimate of drug-likeness (QED) is 0.545. The number of pyridine rings is 1. The molecule has 6 nitrogen and oxygen atoms in total. The van der Waals surface area contributed by atoms with Gasteiger partial charge in [0.2, 0.25) is 0 Å². The van der Waals surface area contributed by atoms with Crippen molar-refractivity contribution in [2.24, 2.45) is 0 Å². The van der Waals surface area contributed by atoms with Gasteiger partial charge < -0.3 is 15.3 Å². The molecule has 0 fully saturated rings. The third-order valence-electron chi connectivity index (χ3n) is 1.35. The van der Waals surface area contributed by atoms with E-state index in [1.54, 1.807) is 0 Å². The Kier molecular flexibility index (Phi) is 4.15. The fourth-order valence-electron chi connectivity index (χ4n) is 0.825. The summed E-state index contributed by atoms with van der Waals surface area (Å²) >= 11 is 0. The first-order chi connectivity index (χ1) is 6.04. The van der Waals surface area contributed by atoms with E-state index in [1.165, 1.54) is 0 Å². The number of nitrogens with zero attached hydrogens (tertiary/aromatic N) is 1. The van der Waals surface area contributed by atoms with Gasteiger partial charge in [-0.1, -0.05) is 0 Å². The standard InChI is InChI=1S/C7H5NO5.Li.H/c9-3-1-2-8-5(7(12)13)4(3)6(10)11;;/h1-2H,(H,8,9)(H,10,11)(H,12,13);;. The van der Waals surface area contributed by atoms with Gasteiger partial charge in [-0.3, -0.25) is 0 Å². The van der Waals surface area contributed by atoms with E-state index in [1.807, 2.05) is 0 Å². The minimum absolute atomic E-state index is 0. The summed E-state index contributed by atoms with van der Waals surface area (Å²) in [6, 6.07) is 1.01. The molecule has 0 saturated carbocycles. The van der Waals surface area contributed by atoms with Gasteiger partial charge in [-0.25, -0.2) is 14.6 Å². The van der Waals surface area contributed by atoms with Crippen molar-refractivity contribution >= 4 is 30.8 Å². The van der Waals surface area contributed by atoms with E-state index in [-0.39, 0.29) is 18.9 Å². The van der Waals surface area contributed by atoms with Crippen molar-refractivity contribution in [3.63, 3.8) is 0 Å². The zero-order chi connectivity index (χ0) is 10.0. The van der Waals surface area contributed by atoms with Crippen molar-refractivity contribution in [3.8, 4) is 5.75 Å². The molecule has 3 N–H and O–H groups in total. The molecule has 1 aromatic heterocycles. The first kappa shape index (κ1) is 12.5. The van der Waals surface area contributed by atoms with Crippen LogP contribution in [0.3, 0.4) is 0 Å². The Morgan fingerprint density at radius 3 is 2.14 bits per heavy atom. The summed E-state index contributed by atoms with van der Waals surface area (Å²) in [7, 11) is 0. The van der Waals surface area contributed by atoms with Crippen molar-refractivity contribution < 1.29 is 24.9 Å². The van der Waals surface area contributed by atoms with Gasteiger partial charge in [0.25, 0.3) is 0 Å². The molecule has 0 bridgehead atoms. The van der Waals surface area contributed by atoms with E-state index in [4.69, 9.17) is 15.3 Å². The first-order valence-electron chi connectivity index (χ1n) is 3.18. The summed E-state index contributed by atoms with van der Waals surface area (Å²) in [5, 5.41) is 26.1. The number of aromatic hydroxyl groups is 1. The third kappa shape index (κ3) is 2.25. The van der Waals surface area contributed by atoms with Gasteiger partial charge in [-0.05, 0) is 6.07 Å². The summed E-state index contributed by atoms with van der Waals surface area (Å²) in [5.41, 5.74) is -1.37. The zero-order valence-corrected chi connectivity index (χ0v) is 6.26. The fraction of sp³-hybridized carbons (Fsp3) is 0. The van der Waals surface area contributed by atoms with E-state index in [0.29, 0.717) is 0 Å². The van der Waals surface area contributed by atoms with Crippen molar-refractivity contribution in [3.05, 3.63) is 23.5 Å². The molecule has 1 heterocycles. The van der Waals surface area contributed by atoms with Crippen LogP contribution in [0, 0.1) is 0 Å². The molecule has 7 heteroatoms. The van der Waals surface area contributed by atoms with Crippen LogP contribution in [0.5, 0.6) is 5.75 Å². The molecular formula is C7H6LiNO5. The predicted molar refractivity (Wildman–Crippen MR) is 47.0 cm³/mol. The zero-order valence-electron chi connectivity index (χ0n) is 6.26. The van der Waals surface area contributed by atoms with Gasteiger partial charge in [0.15, 0.2) is 5.69 Å². The molecule has 0 aliphatic carbocycles. The molecule has 0 atom stereocenters. The van der Waals surface area contributed by atoms with E-state index in [9.17, 15) is 9.59 Å². The van der Waals surface area contributed by atoms with Crippen LogP contribution >= 0.6 is 0 Å². The van der Waals surface area contributed by atoms with Crippen LogP contribution in [-0.4, -0.2) is 51.1 Å². The molecule has 0 unspecified atom stereocenters. The average Bonchev–Trinajstić information content (AvgIpc) is 2.02. The molecule has 1 aromatic rings. The van der Waals surface area contributed by atoms with Crippen LogP contribution in [0.2, 0.25) is 0 Å². The topological polar surface area (TPSA) is 108 Å². The second-order valence-electron chi connectivity index (χ2n) is 2.16. The number of carboxylic acid groups (broad SMARTS) is 2. The number of aromatic carboxylic acids is 2. The summed E-state index contributed by atoms with van der Waals surface area (Å²) in [6.45, 7) is 0. The van der Waals surface area contributed by atoms with Gasteiger partial charge in [0, 0.05) is 6.20 Å². The summed E-state index contributed by atoms with van der Waals surface area (Å²) < 4.78 is 0. The molecule has 1 rings (SSSR count). The van der Waals surface area contributed by atoms with E-state index < -0.39 is 28.9 Å². The van der Waals surface area contributed by atoms with Crippen LogP contribution in [0.4, 0.5) is 0 Å². The summed E-state index contributed by atoms with van der Waals surface area (Å²) in [5.74, 6) is -3.63. The van der Waals surface area contributed by atoms with Crippen molar-refractivity contribution in [2.45, 2.75) is 0 Å². The molecule has 0 saturated heterocycles. The molecule has 0 spiro atoms. The van der Waals surface area contributed by atoms with Gasteiger partial charge in [0.05, 0.1) is 0 Å². The molecule has 70 valence electrons. The molecule has 0 aliphatic heterocycles. The monoisotopic (exact) mass is 191 g/mol. The van der Waals surface area contributed by atoms with Gasteiger partial charge in [-0.15, -0.1) is 0 Å². The van der Waals surface area contributed by atoms with E-state index >= 15 is 0 Å². The fourth-order valence-corrected chi connectivity index (χ4v) is 0.825. The number of hydrogen-bond acceptors (Lipinski definition) is 4. The van der Waals surface area contributed by atoms with Crippen molar-refractivity contribution in [2.75, 3.05) is 0 Å². The Bertz CT molecular complexity index is 378. The van der Waals surface area contributed by atoms with E-state index in [0.717, 1.165) is 12.3 Å². The minimum atomic E-state index is -1.52. The summed E-state index contributed by atoms with van der Waals surface area (Å²) in [6.07, 6.45) is 1.02. The predicted octanol–water partition coefficient (Wildman–Crippen LogP) is -0.465. The number of aromatic nitrogens is 1. The molecular weight excluding hydrogens is 185 g/mol. The second-order valence-corrected chi connectivity index (χ2v) is 2.16. The van der Waals surface area contributed by atoms with Gasteiger partial charge in [-0.2, -0.15) is 0 Å². The number of carboxylic acids is 2. The molecule has 0 aromatic carbocycles.